The number of amides is 6. The average molecular weight is 1400 g/mol. The highest BCUT2D eigenvalue weighted by Gasteiger charge is 2.39. The second-order valence-corrected chi connectivity index (χ2v) is 25.4. The van der Waals surface area contributed by atoms with Crippen molar-refractivity contribution in [1.82, 2.24) is 20.4 Å². The Kier molecular flexibility index (Phi) is 30.1. The van der Waals surface area contributed by atoms with E-state index in [1.165, 1.54) is 37.7 Å². The Morgan fingerprint density at radius 3 is 1.68 bits per heavy atom. The molecule has 0 bridgehead atoms. The summed E-state index contributed by atoms with van der Waals surface area (Å²) in [6.45, 7) is 12.0. The minimum Gasteiger partial charge on any atom is -0.493 e. The number of imide groups is 1. The molecule has 101 heavy (non-hydrogen) atoms. The molecule has 1 fully saturated rings. The van der Waals surface area contributed by atoms with Crippen molar-refractivity contribution in [2.75, 3.05) is 152 Å². The molecule has 546 valence electrons. The molecule has 2 aliphatic carbocycles. The number of carbonyl (C=O) groups excluding carboxylic acids is 8. The van der Waals surface area contributed by atoms with Crippen molar-refractivity contribution in [2.24, 2.45) is 39.6 Å². The third kappa shape index (κ3) is 23.0. The van der Waals surface area contributed by atoms with Crippen LogP contribution in [0.4, 0.5) is 17.1 Å². The van der Waals surface area contributed by atoms with Crippen molar-refractivity contribution in [3.8, 4) is 23.0 Å². The number of Topliss-reactive ketones (excluding diaryl/α,β-unsaturated/α-hetero) is 2. The quantitative estimate of drug-likeness (QED) is 0.0378. The predicted octanol–water partition coefficient (Wildman–Crippen LogP) is 7.02. The lowest BCUT2D eigenvalue weighted by molar-refractivity contribution is -0.137. The van der Waals surface area contributed by atoms with Gasteiger partial charge in [-0.15, -0.1) is 0 Å². The summed E-state index contributed by atoms with van der Waals surface area (Å²) in [7, 11) is 3.07. The topological polar surface area (TPSA) is 315 Å². The highest BCUT2D eigenvalue weighted by molar-refractivity contribution is 6.13. The first-order valence-corrected chi connectivity index (χ1v) is 34.8. The minimum atomic E-state index is -0.892. The molecule has 0 radical (unpaired) electrons. The van der Waals surface area contributed by atoms with Crippen LogP contribution < -0.4 is 34.9 Å². The van der Waals surface area contributed by atoms with Crippen LogP contribution in [0.1, 0.15) is 98.4 Å². The highest BCUT2D eigenvalue weighted by Crippen LogP contribution is 2.46. The molecule has 4 heterocycles. The van der Waals surface area contributed by atoms with Crippen LogP contribution in [0.3, 0.4) is 0 Å². The van der Waals surface area contributed by atoms with Gasteiger partial charge in [0.1, 0.15) is 11.8 Å². The molecule has 9 rings (SSSR count). The number of fused-ring (bicyclic) bond motifs is 4. The molecular formula is C74H95N7O20. The molecule has 6 amide bonds. The Hall–Kier alpha value is -8.54. The van der Waals surface area contributed by atoms with E-state index in [-0.39, 0.29) is 99.4 Å². The van der Waals surface area contributed by atoms with Gasteiger partial charge in [0, 0.05) is 111 Å². The van der Waals surface area contributed by atoms with Crippen LogP contribution in [0.15, 0.2) is 88.5 Å². The number of ether oxygens (including phenoxy) is 12. The van der Waals surface area contributed by atoms with Crippen LogP contribution in [-0.4, -0.2) is 228 Å². The van der Waals surface area contributed by atoms with E-state index < -0.39 is 35.6 Å². The Balaban J connectivity index is 0.570. The van der Waals surface area contributed by atoms with Crippen molar-refractivity contribution in [2.45, 2.75) is 84.2 Å². The summed E-state index contributed by atoms with van der Waals surface area (Å²) in [5, 5.41) is 8.36. The zero-order valence-corrected chi connectivity index (χ0v) is 58.4. The molecule has 0 aromatic heterocycles. The molecule has 0 spiro atoms. The summed E-state index contributed by atoms with van der Waals surface area (Å²) in [6, 6.07) is 13.2. The molecule has 4 aliphatic heterocycles. The van der Waals surface area contributed by atoms with Crippen LogP contribution in [0.25, 0.3) is 5.57 Å². The number of aliphatic imine (C=N–C) groups is 2. The fourth-order valence-corrected chi connectivity index (χ4v) is 11.9. The van der Waals surface area contributed by atoms with Crippen molar-refractivity contribution < 1.29 is 95.2 Å². The lowest BCUT2D eigenvalue weighted by atomic mass is 9.89. The van der Waals surface area contributed by atoms with E-state index in [2.05, 4.69) is 16.0 Å². The summed E-state index contributed by atoms with van der Waals surface area (Å²) in [5.74, 6) is -1.34. The molecule has 27 nitrogen and oxygen atoms in total. The second kappa shape index (κ2) is 39.6. The van der Waals surface area contributed by atoms with Gasteiger partial charge in [-0.1, -0.05) is 32.1 Å². The number of hydrogen-bond donors (Lipinski definition) is 3. The predicted molar refractivity (Wildman–Crippen MR) is 372 cm³/mol. The van der Waals surface area contributed by atoms with Gasteiger partial charge >= 0.3 is 0 Å². The summed E-state index contributed by atoms with van der Waals surface area (Å²) >= 11 is 0. The van der Waals surface area contributed by atoms with Crippen LogP contribution in [-0.2, 0) is 66.7 Å². The lowest BCUT2D eigenvalue weighted by Gasteiger charge is -2.22. The first-order valence-electron chi connectivity index (χ1n) is 34.8. The largest absolute Gasteiger partial charge is 0.493 e. The molecule has 1 saturated carbocycles. The number of nitrogens with zero attached hydrogens (tertiary/aromatic N) is 4. The van der Waals surface area contributed by atoms with Crippen molar-refractivity contribution in [1.29, 1.82) is 0 Å². The number of benzene rings is 3. The molecular weight excluding hydrogens is 1310 g/mol. The molecule has 3 aromatic carbocycles. The molecule has 0 saturated heterocycles. The number of nitrogens with one attached hydrogen (secondary N) is 3. The van der Waals surface area contributed by atoms with Crippen molar-refractivity contribution in [3.05, 3.63) is 95.2 Å². The van der Waals surface area contributed by atoms with Gasteiger partial charge in [-0.3, -0.25) is 53.2 Å². The molecule has 1 unspecified atom stereocenters. The first kappa shape index (κ1) is 76.6. The van der Waals surface area contributed by atoms with Gasteiger partial charge in [0.05, 0.1) is 156 Å². The molecule has 6 aliphatic rings. The Labute approximate surface area is 588 Å². The van der Waals surface area contributed by atoms with Crippen molar-refractivity contribution in [3.63, 3.8) is 0 Å². The maximum Gasteiger partial charge on any atom is 0.260 e. The number of carbonyl (C=O) groups is 8. The summed E-state index contributed by atoms with van der Waals surface area (Å²) in [4.78, 5) is 115. The summed E-state index contributed by atoms with van der Waals surface area (Å²) < 4.78 is 67.9. The van der Waals surface area contributed by atoms with Gasteiger partial charge in [0.25, 0.3) is 17.7 Å². The Morgan fingerprint density at radius 1 is 0.594 bits per heavy atom. The summed E-state index contributed by atoms with van der Waals surface area (Å²) in [5.41, 5.74) is 5.63. The minimum absolute atomic E-state index is 0.00608. The van der Waals surface area contributed by atoms with E-state index in [4.69, 9.17) is 66.8 Å². The number of methoxy groups -OCH3 is 2. The van der Waals surface area contributed by atoms with Gasteiger partial charge in [-0.25, -0.2) is 0 Å². The smallest absolute Gasteiger partial charge is 0.260 e. The van der Waals surface area contributed by atoms with Gasteiger partial charge < -0.3 is 77.7 Å². The van der Waals surface area contributed by atoms with Gasteiger partial charge in [-0.05, 0) is 85.4 Å². The van der Waals surface area contributed by atoms with Gasteiger partial charge in [-0.2, -0.15) is 0 Å². The molecule has 5 atom stereocenters. The normalized spacial score (nSPS) is 17.9. The molecule has 3 N–H and O–H groups in total. The number of allylic oxidation sites excluding steroid dienone is 2. The zero-order valence-electron chi connectivity index (χ0n) is 58.4. The number of ketones is 2. The van der Waals surface area contributed by atoms with E-state index in [0.29, 0.717) is 169 Å². The highest BCUT2D eigenvalue weighted by atomic mass is 16.6. The van der Waals surface area contributed by atoms with E-state index in [1.807, 2.05) is 50.7 Å². The monoisotopic (exact) mass is 1400 g/mol. The fourth-order valence-electron chi connectivity index (χ4n) is 11.9. The zero-order chi connectivity index (χ0) is 71.5. The van der Waals surface area contributed by atoms with Crippen LogP contribution in [0.5, 0.6) is 23.0 Å². The van der Waals surface area contributed by atoms with Crippen LogP contribution in [0, 0.1) is 29.6 Å². The van der Waals surface area contributed by atoms with Crippen molar-refractivity contribution >= 4 is 82.1 Å². The fraction of sp³-hybridized carbons (Fsp3) is 0.541. The van der Waals surface area contributed by atoms with E-state index in [9.17, 15) is 38.4 Å². The second-order valence-electron chi connectivity index (χ2n) is 25.4. The van der Waals surface area contributed by atoms with E-state index in [0.717, 1.165) is 22.5 Å². The van der Waals surface area contributed by atoms with E-state index in [1.54, 1.807) is 55.3 Å². The number of rotatable bonds is 47. The van der Waals surface area contributed by atoms with Gasteiger partial charge in [0.2, 0.25) is 17.7 Å². The average Bonchev–Trinajstić information content (AvgIpc) is 1.65. The third-order valence-corrected chi connectivity index (χ3v) is 17.7. The SMILES string of the molecule is COc1cc2c(cc1OCCCOc1cc3c(cc1OC)C(=O)N1C=C(C4CC4)C[C@H]1C=N3)N=C[C@@H]1CC(c3ccc(NC(=O)[C@H](C)NC(=O)[C@@H](CC(=O)CCOCCOCCOCCOCCOCCOCCOCCOCCNC(=O)CCN4C(=O)C=CC4=O)C(C)C)cc3)=CC1C2=O. The maximum atomic E-state index is 14.2. The Morgan fingerprint density at radius 2 is 1.13 bits per heavy atom. The molecule has 3 aromatic rings. The molecule has 27 heteroatoms. The maximum absolute atomic E-state index is 14.2. The summed E-state index contributed by atoms with van der Waals surface area (Å²) in [6.07, 6.45) is 14.4. The Bertz CT molecular complexity index is 3490. The standard InChI is InChI=1S/C74H95N7O20/c1-48(2)58(40-57(82)16-21-92-23-25-94-27-29-96-31-33-98-35-36-99-34-32-97-30-28-95-26-24-93-22-17-75-68(83)15-18-80-69(84)13-14-70(80)85)73(88)78-49(3)72(87)79-55-11-9-50(10-12-55)52-37-53-45-76-62-43-66(64(90-4)41-60(62)71(86)59(53)39-52)100-19-6-20-101-67-44-63-61(42-65(67)91-5)74(89)81-47-54(51-7-8-51)38-56(81)46-77-63/h9-14,39,41-49,51,53,56,58-59H,6-8,15-38,40H2,1-5H3,(H,75,83)(H,78,88)(H,79,87)/t49-,53-,56-,58-,59?/m0/s1. The number of anilines is 1. The first-order chi connectivity index (χ1) is 49.1. The van der Waals surface area contributed by atoms with Gasteiger partial charge in [0.15, 0.2) is 28.8 Å². The number of hydrogen-bond acceptors (Lipinski definition) is 22. The van der Waals surface area contributed by atoms with Crippen LogP contribution in [0.2, 0.25) is 0 Å². The van der Waals surface area contributed by atoms with Crippen LogP contribution >= 0.6 is 0 Å². The van der Waals surface area contributed by atoms with E-state index >= 15 is 0 Å². The third-order valence-electron chi connectivity index (χ3n) is 17.7. The lowest BCUT2D eigenvalue weighted by Crippen LogP contribution is -2.45.